The quantitative estimate of drug-likeness (QED) is 0.246. The molecule has 0 spiro atoms. The van der Waals surface area contributed by atoms with Crippen molar-refractivity contribution in [2.75, 3.05) is 0 Å². The van der Waals surface area contributed by atoms with Crippen molar-refractivity contribution in [3.05, 3.63) is 66.4 Å². The zero-order chi connectivity index (χ0) is 18.0. The molecule has 0 saturated heterocycles. The monoisotopic (exact) mass is 559 g/mol. The highest BCUT2D eigenvalue weighted by Gasteiger charge is 2.24. The second-order valence-electron chi connectivity index (χ2n) is 5.11. The molecule has 7 heteroatoms. The first-order chi connectivity index (χ1) is 11.9. The van der Waals surface area contributed by atoms with Gasteiger partial charge in [-0.1, -0.05) is 18.2 Å². The Kier molecular flexibility index (Phi) is 5.52. The standard InChI is InChI=1S/C18H11I2NO4/c1-10(22)24-16-13(19)7-11(8-14(16)20)9-15-18(23)25-17(21-15)12-5-3-2-4-6-12/h2-9H,1H3/b15-9-. The molecule has 1 aliphatic heterocycles. The van der Waals surface area contributed by atoms with Crippen LogP contribution in [0.4, 0.5) is 0 Å². The molecule has 0 radical (unpaired) electrons. The zero-order valence-electron chi connectivity index (χ0n) is 13.0. The Morgan fingerprint density at radius 3 is 2.40 bits per heavy atom. The number of carbonyl (C=O) groups is 2. The van der Waals surface area contributed by atoms with Crippen molar-refractivity contribution in [2.24, 2.45) is 4.99 Å². The van der Waals surface area contributed by atoms with Gasteiger partial charge in [-0.15, -0.1) is 0 Å². The van der Waals surface area contributed by atoms with E-state index < -0.39 is 5.97 Å². The Morgan fingerprint density at radius 2 is 1.80 bits per heavy atom. The molecule has 3 rings (SSSR count). The Labute approximate surface area is 171 Å². The fourth-order valence-corrected chi connectivity index (χ4v) is 4.21. The first-order valence-electron chi connectivity index (χ1n) is 7.19. The van der Waals surface area contributed by atoms with Gasteiger partial charge in [0.25, 0.3) is 0 Å². The minimum atomic E-state index is -0.493. The van der Waals surface area contributed by atoms with Crippen LogP contribution in [0.3, 0.4) is 0 Å². The van der Waals surface area contributed by atoms with Gasteiger partial charge in [-0.3, -0.25) is 4.79 Å². The summed E-state index contributed by atoms with van der Waals surface area (Å²) in [5, 5.41) is 0. The van der Waals surface area contributed by atoms with E-state index in [9.17, 15) is 9.59 Å². The molecule has 0 bridgehead atoms. The van der Waals surface area contributed by atoms with Crippen molar-refractivity contribution in [2.45, 2.75) is 6.92 Å². The van der Waals surface area contributed by atoms with E-state index in [2.05, 4.69) is 50.2 Å². The SMILES string of the molecule is CC(=O)Oc1c(I)cc(/C=C2\N=C(c3ccccc3)OC2=O)cc1I. The predicted octanol–water partition coefficient (Wildman–Crippen LogP) is 4.17. The first kappa shape index (κ1) is 18.1. The van der Waals surface area contributed by atoms with Crippen LogP contribution >= 0.6 is 45.2 Å². The van der Waals surface area contributed by atoms with E-state index in [0.29, 0.717) is 5.75 Å². The summed E-state index contributed by atoms with van der Waals surface area (Å²) in [6.07, 6.45) is 1.65. The van der Waals surface area contributed by atoms with Crippen molar-refractivity contribution in [1.82, 2.24) is 0 Å². The maximum Gasteiger partial charge on any atom is 0.363 e. The van der Waals surface area contributed by atoms with Gasteiger partial charge in [0.2, 0.25) is 5.90 Å². The van der Waals surface area contributed by atoms with E-state index >= 15 is 0 Å². The van der Waals surface area contributed by atoms with Crippen molar-refractivity contribution < 1.29 is 19.1 Å². The molecule has 0 amide bonds. The predicted molar refractivity (Wildman–Crippen MR) is 110 cm³/mol. The maximum absolute atomic E-state index is 12.1. The van der Waals surface area contributed by atoms with Gasteiger partial charge in [-0.2, -0.15) is 0 Å². The third kappa shape index (κ3) is 4.27. The zero-order valence-corrected chi connectivity index (χ0v) is 17.3. The van der Waals surface area contributed by atoms with Crippen LogP contribution in [-0.2, 0) is 14.3 Å². The summed E-state index contributed by atoms with van der Waals surface area (Å²) in [6.45, 7) is 1.36. The lowest BCUT2D eigenvalue weighted by Gasteiger charge is -2.08. The fraction of sp³-hybridized carbons (Fsp3) is 0.0556. The molecular weight excluding hydrogens is 548 g/mol. The van der Waals surface area contributed by atoms with Crippen molar-refractivity contribution >= 4 is 69.1 Å². The fourth-order valence-electron chi connectivity index (χ4n) is 2.18. The van der Waals surface area contributed by atoms with E-state index in [1.165, 1.54) is 6.92 Å². The highest BCUT2D eigenvalue weighted by Crippen LogP contribution is 2.30. The molecular formula is C18H11I2NO4. The Bertz CT molecular complexity index is 897. The molecule has 2 aromatic rings. The minimum absolute atomic E-state index is 0.227. The lowest BCUT2D eigenvalue weighted by molar-refractivity contribution is -0.132. The van der Waals surface area contributed by atoms with E-state index in [4.69, 9.17) is 9.47 Å². The molecule has 5 nitrogen and oxygen atoms in total. The maximum atomic E-state index is 12.1. The number of halogens is 2. The second-order valence-corrected chi connectivity index (χ2v) is 7.43. The number of hydrogen-bond donors (Lipinski definition) is 0. The molecule has 1 aliphatic rings. The highest BCUT2D eigenvalue weighted by molar-refractivity contribution is 14.1. The summed E-state index contributed by atoms with van der Waals surface area (Å²) in [5.41, 5.74) is 1.74. The first-order valence-corrected chi connectivity index (χ1v) is 9.35. The van der Waals surface area contributed by atoms with Gasteiger partial charge in [-0.05, 0) is 81.1 Å². The molecule has 0 fully saturated rings. The average Bonchev–Trinajstić information content (AvgIpc) is 2.92. The van der Waals surface area contributed by atoms with Crippen LogP contribution in [0.1, 0.15) is 18.1 Å². The Morgan fingerprint density at radius 1 is 1.16 bits per heavy atom. The van der Waals surface area contributed by atoms with Gasteiger partial charge in [0.1, 0.15) is 0 Å². The topological polar surface area (TPSA) is 65.0 Å². The van der Waals surface area contributed by atoms with Crippen molar-refractivity contribution in [1.29, 1.82) is 0 Å². The number of ether oxygens (including phenoxy) is 2. The van der Waals surface area contributed by atoms with Crippen molar-refractivity contribution in [3.63, 3.8) is 0 Å². The number of rotatable bonds is 3. The Hall–Kier alpha value is -1.75. The summed E-state index contributed by atoms with van der Waals surface area (Å²) >= 11 is 4.17. The van der Waals surface area contributed by atoms with E-state index in [1.807, 2.05) is 42.5 Å². The highest BCUT2D eigenvalue weighted by atomic mass is 127. The summed E-state index contributed by atoms with van der Waals surface area (Å²) in [5.74, 6) is -0.0672. The molecule has 0 saturated carbocycles. The molecule has 0 aliphatic carbocycles. The number of carbonyl (C=O) groups excluding carboxylic acids is 2. The molecule has 1 heterocycles. The number of esters is 2. The molecule has 0 N–H and O–H groups in total. The van der Waals surface area contributed by atoms with Crippen LogP contribution in [0.15, 0.2) is 53.2 Å². The van der Waals surface area contributed by atoms with Crippen LogP contribution < -0.4 is 4.74 Å². The van der Waals surface area contributed by atoms with Gasteiger partial charge >= 0.3 is 11.9 Å². The number of nitrogens with zero attached hydrogens (tertiary/aromatic N) is 1. The van der Waals surface area contributed by atoms with E-state index in [-0.39, 0.29) is 17.6 Å². The van der Waals surface area contributed by atoms with E-state index in [0.717, 1.165) is 18.3 Å². The van der Waals surface area contributed by atoms with E-state index in [1.54, 1.807) is 6.08 Å². The molecule has 126 valence electrons. The molecule has 0 aromatic heterocycles. The van der Waals surface area contributed by atoms with Crippen LogP contribution in [0.25, 0.3) is 6.08 Å². The van der Waals surface area contributed by atoms with Crippen LogP contribution in [-0.4, -0.2) is 17.8 Å². The Balaban J connectivity index is 1.94. The normalized spacial score (nSPS) is 15.1. The second kappa shape index (κ2) is 7.65. The number of cyclic esters (lactones) is 1. The summed E-state index contributed by atoms with van der Waals surface area (Å²) in [7, 11) is 0. The van der Waals surface area contributed by atoms with Crippen LogP contribution in [0.2, 0.25) is 0 Å². The van der Waals surface area contributed by atoms with Gasteiger partial charge in [0.15, 0.2) is 11.4 Å². The van der Waals surface area contributed by atoms with Gasteiger partial charge in [0, 0.05) is 12.5 Å². The lowest BCUT2D eigenvalue weighted by Crippen LogP contribution is -2.05. The number of hydrogen-bond acceptors (Lipinski definition) is 5. The largest absolute Gasteiger partial charge is 0.424 e. The molecule has 0 unspecified atom stereocenters. The summed E-state index contributed by atoms with van der Waals surface area (Å²) in [6, 6.07) is 12.9. The van der Waals surface area contributed by atoms with Crippen molar-refractivity contribution in [3.8, 4) is 5.75 Å². The smallest absolute Gasteiger partial charge is 0.363 e. The summed E-state index contributed by atoms with van der Waals surface area (Å²) in [4.78, 5) is 27.5. The van der Waals surface area contributed by atoms with Crippen LogP contribution in [0, 0.1) is 7.14 Å². The molecule has 2 aromatic carbocycles. The third-order valence-corrected chi connectivity index (χ3v) is 4.81. The average molecular weight is 559 g/mol. The lowest BCUT2D eigenvalue weighted by atomic mass is 10.2. The molecule has 25 heavy (non-hydrogen) atoms. The summed E-state index contributed by atoms with van der Waals surface area (Å²) < 4.78 is 12.0. The van der Waals surface area contributed by atoms with Gasteiger partial charge in [-0.25, -0.2) is 9.79 Å². The number of benzene rings is 2. The molecule has 0 atom stereocenters. The van der Waals surface area contributed by atoms with Gasteiger partial charge < -0.3 is 9.47 Å². The van der Waals surface area contributed by atoms with Gasteiger partial charge in [0.05, 0.1) is 7.14 Å². The third-order valence-electron chi connectivity index (χ3n) is 3.21. The number of aliphatic imine (C=N–C) groups is 1. The minimum Gasteiger partial charge on any atom is -0.424 e. The van der Waals surface area contributed by atoms with Crippen LogP contribution in [0.5, 0.6) is 5.75 Å².